The maximum Gasteiger partial charge on any atom is 0.329 e. The SMILES string of the molecule is CC(C)C(CCNC(=O)NN1CCCCC1)CCC(=O)O. The lowest BCUT2D eigenvalue weighted by molar-refractivity contribution is -0.137. The summed E-state index contributed by atoms with van der Waals surface area (Å²) in [6.07, 6.45) is 5.18. The van der Waals surface area contributed by atoms with Crippen molar-refractivity contribution in [2.75, 3.05) is 19.6 Å². The molecule has 1 saturated heterocycles. The molecule has 3 N–H and O–H groups in total. The molecule has 0 radical (unpaired) electrons. The lowest BCUT2D eigenvalue weighted by Gasteiger charge is -2.27. The largest absolute Gasteiger partial charge is 0.481 e. The zero-order valence-electron chi connectivity index (χ0n) is 13.2. The van der Waals surface area contributed by atoms with E-state index in [1.54, 1.807) is 0 Å². The van der Waals surface area contributed by atoms with Gasteiger partial charge in [-0.25, -0.2) is 9.80 Å². The van der Waals surface area contributed by atoms with Gasteiger partial charge < -0.3 is 10.4 Å². The zero-order chi connectivity index (χ0) is 15.7. The van der Waals surface area contributed by atoms with Crippen LogP contribution in [-0.4, -0.2) is 41.8 Å². The first kappa shape index (κ1) is 17.8. The van der Waals surface area contributed by atoms with Crippen molar-refractivity contribution in [1.82, 2.24) is 15.8 Å². The molecule has 21 heavy (non-hydrogen) atoms. The van der Waals surface area contributed by atoms with E-state index < -0.39 is 5.97 Å². The molecule has 0 saturated carbocycles. The quantitative estimate of drug-likeness (QED) is 0.642. The highest BCUT2D eigenvalue weighted by Gasteiger charge is 2.16. The van der Waals surface area contributed by atoms with Crippen LogP contribution < -0.4 is 10.7 Å². The molecule has 0 spiro atoms. The number of amides is 2. The number of rotatable bonds is 8. The summed E-state index contributed by atoms with van der Waals surface area (Å²) in [5.74, 6) is 0.00384. The Labute approximate surface area is 127 Å². The fourth-order valence-corrected chi connectivity index (χ4v) is 2.68. The average molecular weight is 299 g/mol. The fraction of sp³-hybridized carbons (Fsp3) is 0.867. The van der Waals surface area contributed by atoms with Gasteiger partial charge in [0.2, 0.25) is 0 Å². The molecule has 1 aliphatic heterocycles. The number of carboxylic acid groups (broad SMARTS) is 1. The second-order valence-corrected chi connectivity index (χ2v) is 6.14. The van der Waals surface area contributed by atoms with Crippen LogP contribution in [0.15, 0.2) is 0 Å². The predicted molar refractivity (Wildman–Crippen MR) is 81.8 cm³/mol. The van der Waals surface area contributed by atoms with E-state index in [1.807, 2.05) is 5.01 Å². The second kappa shape index (κ2) is 9.60. The monoisotopic (exact) mass is 299 g/mol. The van der Waals surface area contributed by atoms with Gasteiger partial charge in [-0.3, -0.25) is 10.2 Å². The van der Waals surface area contributed by atoms with E-state index in [2.05, 4.69) is 24.6 Å². The van der Waals surface area contributed by atoms with Crippen LogP contribution in [0.5, 0.6) is 0 Å². The Kier molecular flexibility index (Phi) is 8.12. The minimum absolute atomic E-state index is 0.155. The summed E-state index contributed by atoms with van der Waals surface area (Å²) in [5, 5.41) is 13.6. The van der Waals surface area contributed by atoms with Crippen LogP contribution in [0.3, 0.4) is 0 Å². The molecular formula is C15H29N3O3. The van der Waals surface area contributed by atoms with Crippen LogP contribution in [0, 0.1) is 11.8 Å². The number of nitrogens with zero attached hydrogens (tertiary/aromatic N) is 1. The van der Waals surface area contributed by atoms with Gasteiger partial charge in [0, 0.05) is 26.1 Å². The summed E-state index contributed by atoms with van der Waals surface area (Å²) >= 11 is 0. The van der Waals surface area contributed by atoms with Crippen LogP contribution in [-0.2, 0) is 4.79 Å². The number of hydrazine groups is 1. The Balaban J connectivity index is 2.19. The number of urea groups is 1. The fourth-order valence-electron chi connectivity index (χ4n) is 2.68. The van der Waals surface area contributed by atoms with Gasteiger partial charge in [0.1, 0.15) is 0 Å². The summed E-state index contributed by atoms with van der Waals surface area (Å²) in [5.41, 5.74) is 2.86. The highest BCUT2D eigenvalue weighted by atomic mass is 16.4. The molecule has 0 aromatic carbocycles. The van der Waals surface area contributed by atoms with Crippen LogP contribution in [0.4, 0.5) is 4.79 Å². The summed E-state index contributed by atoms with van der Waals surface area (Å²) in [6.45, 7) is 6.62. The highest BCUT2D eigenvalue weighted by molar-refractivity contribution is 5.73. The smallest absolute Gasteiger partial charge is 0.329 e. The first-order valence-electron chi connectivity index (χ1n) is 8.00. The summed E-state index contributed by atoms with van der Waals surface area (Å²) < 4.78 is 0. The van der Waals surface area contributed by atoms with Gasteiger partial charge in [0.25, 0.3) is 0 Å². The highest BCUT2D eigenvalue weighted by Crippen LogP contribution is 2.20. The van der Waals surface area contributed by atoms with Gasteiger partial charge in [-0.2, -0.15) is 0 Å². The average Bonchev–Trinajstić information content (AvgIpc) is 2.43. The summed E-state index contributed by atoms with van der Waals surface area (Å²) in [4.78, 5) is 22.4. The molecule has 0 aliphatic carbocycles. The summed E-state index contributed by atoms with van der Waals surface area (Å²) in [6, 6.07) is -0.155. The third kappa shape index (κ3) is 7.90. The molecule has 6 heteroatoms. The van der Waals surface area contributed by atoms with Crippen LogP contribution in [0.25, 0.3) is 0 Å². The third-order valence-corrected chi connectivity index (χ3v) is 4.09. The van der Waals surface area contributed by atoms with Gasteiger partial charge in [-0.15, -0.1) is 0 Å². The van der Waals surface area contributed by atoms with E-state index in [4.69, 9.17) is 5.11 Å². The van der Waals surface area contributed by atoms with Gasteiger partial charge >= 0.3 is 12.0 Å². The Bertz CT molecular complexity index is 328. The topological polar surface area (TPSA) is 81.7 Å². The van der Waals surface area contributed by atoms with Crippen molar-refractivity contribution < 1.29 is 14.7 Å². The number of nitrogens with one attached hydrogen (secondary N) is 2. The van der Waals surface area contributed by atoms with Crippen molar-refractivity contribution in [3.8, 4) is 0 Å². The first-order valence-corrected chi connectivity index (χ1v) is 8.00. The molecule has 1 unspecified atom stereocenters. The van der Waals surface area contributed by atoms with Crippen molar-refractivity contribution in [3.63, 3.8) is 0 Å². The molecule has 1 heterocycles. The maximum absolute atomic E-state index is 11.8. The number of hydrogen-bond donors (Lipinski definition) is 3. The molecule has 6 nitrogen and oxygen atoms in total. The molecule has 1 rings (SSSR count). The molecule has 122 valence electrons. The number of piperidine rings is 1. The molecular weight excluding hydrogens is 270 g/mol. The van der Waals surface area contributed by atoms with Gasteiger partial charge in [0.15, 0.2) is 0 Å². The molecule has 0 aromatic rings. The molecule has 1 fully saturated rings. The van der Waals surface area contributed by atoms with Gasteiger partial charge in [0.05, 0.1) is 0 Å². The summed E-state index contributed by atoms with van der Waals surface area (Å²) in [7, 11) is 0. The standard InChI is InChI=1S/C15H29N3O3/c1-12(2)13(6-7-14(19)20)8-9-16-15(21)17-18-10-4-3-5-11-18/h12-13H,3-11H2,1-2H3,(H,19,20)(H2,16,17,21). The number of carboxylic acids is 1. The Hall–Kier alpha value is -1.30. The zero-order valence-corrected chi connectivity index (χ0v) is 13.2. The Morgan fingerprint density at radius 3 is 2.38 bits per heavy atom. The Morgan fingerprint density at radius 2 is 1.81 bits per heavy atom. The van der Waals surface area contributed by atoms with E-state index in [9.17, 15) is 9.59 Å². The Morgan fingerprint density at radius 1 is 1.14 bits per heavy atom. The third-order valence-electron chi connectivity index (χ3n) is 4.09. The molecule has 1 atom stereocenters. The van der Waals surface area contributed by atoms with E-state index in [0.717, 1.165) is 32.4 Å². The number of carbonyl (C=O) groups excluding carboxylic acids is 1. The molecule has 0 aromatic heterocycles. The van der Waals surface area contributed by atoms with Crippen LogP contribution in [0.2, 0.25) is 0 Å². The lowest BCUT2D eigenvalue weighted by atomic mass is 9.88. The van der Waals surface area contributed by atoms with Crippen molar-refractivity contribution >= 4 is 12.0 Å². The van der Waals surface area contributed by atoms with E-state index in [1.165, 1.54) is 6.42 Å². The first-order chi connectivity index (χ1) is 9.99. The van der Waals surface area contributed by atoms with Gasteiger partial charge in [-0.1, -0.05) is 20.3 Å². The van der Waals surface area contributed by atoms with E-state index >= 15 is 0 Å². The van der Waals surface area contributed by atoms with Crippen LogP contribution >= 0.6 is 0 Å². The second-order valence-electron chi connectivity index (χ2n) is 6.14. The minimum atomic E-state index is -0.753. The van der Waals surface area contributed by atoms with Gasteiger partial charge in [-0.05, 0) is 37.5 Å². The number of hydrogen-bond acceptors (Lipinski definition) is 3. The van der Waals surface area contributed by atoms with Crippen molar-refractivity contribution in [3.05, 3.63) is 0 Å². The predicted octanol–water partition coefficient (Wildman–Crippen LogP) is 2.21. The number of carbonyl (C=O) groups is 2. The van der Waals surface area contributed by atoms with Crippen molar-refractivity contribution in [2.24, 2.45) is 11.8 Å². The minimum Gasteiger partial charge on any atom is -0.481 e. The normalized spacial score (nSPS) is 17.5. The van der Waals surface area contributed by atoms with Crippen molar-refractivity contribution in [1.29, 1.82) is 0 Å². The maximum atomic E-state index is 11.8. The lowest BCUT2D eigenvalue weighted by Crippen LogP contribution is -2.49. The molecule has 0 bridgehead atoms. The van der Waals surface area contributed by atoms with Crippen molar-refractivity contribution in [2.45, 2.75) is 52.4 Å². The van der Waals surface area contributed by atoms with Crippen LogP contribution in [0.1, 0.15) is 52.4 Å². The number of aliphatic carboxylic acids is 1. The molecule has 2 amide bonds. The van der Waals surface area contributed by atoms with E-state index in [0.29, 0.717) is 24.8 Å². The van der Waals surface area contributed by atoms with E-state index in [-0.39, 0.29) is 12.5 Å². The molecule has 1 aliphatic rings.